The molecule has 3 aromatic carbocycles. The van der Waals surface area contributed by atoms with Crippen molar-refractivity contribution in [2.75, 3.05) is 16.0 Å². The van der Waals surface area contributed by atoms with Crippen LogP contribution in [-0.2, 0) is 9.59 Å². The smallest absolute Gasteiger partial charge is 0.238 e. The number of hydrogen-bond acceptors (Lipinski definition) is 3. The first kappa shape index (κ1) is 22.1. The van der Waals surface area contributed by atoms with Gasteiger partial charge < -0.3 is 5.32 Å². The standard InChI is InChI=1S/C26H25FN2O2S/c1-3-22(18-7-5-4-6-8-18)25(31)28-20-12-10-19(11-13-20)26-29(24(30)16-32-26)21-14-9-17(2)23(27)15-21/h4-15,22,26H,3,16H2,1-2H3,(H,28,31)/t22-,26+/m1/s1. The highest BCUT2D eigenvalue weighted by Gasteiger charge is 2.34. The monoisotopic (exact) mass is 448 g/mol. The average Bonchev–Trinajstić information content (AvgIpc) is 3.19. The molecule has 1 heterocycles. The Kier molecular flexibility index (Phi) is 6.61. The minimum Gasteiger partial charge on any atom is -0.326 e. The van der Waals surface area contributed by atoms with Gasteiger partial charge in [0.05, 0.1) is 11.7 Å². The van der Waals surface area contributed by atoms with Crippen LogP contribution >= 0.6 is 11.8 Å². The molecule has 1 aliphatic rings. The van der Waals surface area contributed by atoms with E-state index in [9.17, 15) is 14.0 Å². The molecule has 0 saturated carbocycles. The summed E-state index contributed by atoms with van der Waals surface area (Å²) in [7, 11) is 0. The molecule has 3 aromatic rings. The van der Waals surface area contributed by atoms with E-state index in [0.717, 1.165) is 11.1 Å². The molecular weight excluding hydrogens is 423 g/mol. The van der Waals surface area contributed by atoms with Gasteiger partial charge in [-0.2, -0.15) is 0 Å². The minimum atomic E-state index is -0.326. The van der Waals surface area contributed by atoms with Gasteiger partial charge in [-0.05, 0) is 54.3 Å². The molecular formula is C26H25FN2O2S. The summed E-state index contributed by atoms with van der Waals surface area (Å²) in [4.78, 5) is 27.0. The van der Waals surface area contributed by atoms with Gasteiger partial charge in [0.1, 0.15) is 11.2 Å². The van der Waals surface area contributed by atoms with Gasteiger partial charge >= 0.3 is 0 Å². The van der Waals surface area contributed by atoms with Crippen LogP contribution in [0.3, 0.4) is 0 Å². The fraction of sp³-hybridized carbons (Fsp3) is 0.231. The van der Waals surface area contributed by atoms with Gasteiger partial charge in [0, 0.05) is 11.4 Å². The second kappa shape index (κ2) is 9.57. The first-order valence-corrected chi connectivity index (χ1v) is 11.7. The van der Waals surface area contributed by atoms with Crippen molar-refractivity contribution in [1.82, 2.24) is 0 Å². The maximum atomic E-state index is 14.1. The molecule has 4 nitrogen and oxygen atoms in total. The maximum absolute atomic E-state index is 14.1. The number of nitrogens with one attached hydrogen (secondary N) is 1. The summed E-state index contributed by atoms with van der Waals surface area (Å²) >= 11 is 1.51. The Bertz CT molecular complexity index is 1120. The lowest BCUT2D eigenvalue weighted by Crippen LogP contribution is -2.28. The molecule has 1 aliphatic heterocycles. The summed E-state index contributed by atoms with van der Waals surface area (Å²) in [6.07, 6.45) is 0.705. The van der Waals surface area contributed by atoms with E-state index in [1.165, 1.54) is 17.8 Å². The molecule has 2 amide bonds. The van der Waals surface area contributed by atoms with Gasteiger partial charge in [-0.25, -0.2) is 4.39 Å². The number of aryl methyl sites for hydroxylation is 1. The van der Waals surface area contributed by atoms with E-state index in [2.05, 4.69) is 5.32 Å². The van der Waals surface area contributed by atoms with E-state index < -0.39 is 0 Å². The van der Waals surface area contributed by atoms with Crippen LogP contribution in [-0.4, -0.2) is 17.6 Å². The molecule has 32 heavy (non-hydrogen) atoms. The van der Waals surface area contributed by atoms with E-state index in [1.807, 2.05) is 61.5 Å². The third kappa shape index (κ3) is 4.55. The van der Waals surface area contributed by atoms with Crippen LogP contribution in [0.2, 0.25) is 0 Å². The summed E-state index contributed by atoms with van der Waals surface area (Å²) < 4.78 is 14.1. The highest BCUT2D eigenvalue weighted by atomic mass is 32.2. The second-order valence-corrected chi connectivity index (χ2v) is 8.91. The topological polar surface area (TPSA) is 49.4 Å². The quantitative estimate of drug-likeness (QED) is 0.500. The normalized spacial score (nSPS) is 16.8. The molecule has 4 rings (SSSR count). The first-order valence-electron chi connectivity index (χ1n) is 10.6. The van der Waals surface area contributed by atoms with Crippen molar-refractivity contribution in [3.8, 4) is 0 Å². The summed E-state index contributed by atoms with van der Waals surface area (Å²) in [5.74, 6) is -0.296. The third-order valence-corrected chi connectivity index (χ3v) is 6.90. The van der Waals surface area contributed by atoms with Crippen LogP contribution in [0.25, 0.3) is 0 Å². The Balaban J connectivity index is 1.51. The highest BCUT2D eigenvalue weighted by molar-refractivity contribution is 8.00. The molecule has 1 saturated heterocycles. The molecule has 164 valence electrons. The number of carbonyl (C=O) groups is 2. The minimum absolute atomic E-state index is 0.0470. The van der Waals surface area contributed by atoms with Crippen molar-refractivity contribution in [1.29, 1.82) is 0 Å². The van der Waals surface area contributed by atoms with Gasteiger partial charge in [-0.1, -0.05) is 55.5 Å². The molecule has 0 aliphatic carbocycles. The zero-order valence-corrected chi connectivity index (χ0v) is 18.9. The fourth-order valence-corrected chi connectivity index (χ4v) is 5.08. The molecule has 1 N–H and O–H groups in total. The second-order valence-electron chi connectivity index (χ2n) is 7.84. The number of nitrogens with zero attached hydrogens (tertiary/aromatic N) is 1. The number of anilines is 2. The lowest BCUT2D eigenvalue weighted by atomic mass is 9.95. The Labute approximate surface area is 191 Å². The molecule has 1 fully saturated rings. The zero-order valence-electron chi connectivity index (χ0n) is 18.0. The summed E-state index contributed by atoms with van der Waals surface area (Å²) in [6.45, 7) is 3.70. The number of benzene rings is 3. The number of carbonyl (C=O) groups excluding carboxylic acids is 2. The summed E-state index contributed by atoms with van der Waals surface area (Å²) in [5, 5.41) is 2.76. The fourth-order valence-electron chi connectivity index (χ4n) is 3.90. The van der Waals surface area contributed by atoms with E-state index in [0.29, 0.717) is 29.1 Å². The van der Waals surface area contributed by atoms with Crippen molar-refractivity contribution >= 4 is 35.0 Å². The largest absolute Gasteiger partial charge is 0.326 e. The lowest BCUT2D eigenvalue weighted by Gasteiger charge is -2.25. The van der Waals surface area contributed by atoms with Gasteiger partial charge in [0.2, 0.25) is 11.8 Å². The highest BCUT2D eigenvalue weighted by Crippen LogP contribution is 2.42. The molecule has 0 radical (unpaired) electrons. The molecule has 0 bridgehead atoms. The van der Waals surface area contributed by atoms with Gasteiger partial charge in [0.15, 0.2) is 0 Å². The van der Waals surface area contributed by atoms with Crippen LogP contribution in [0, 0.1) is 12.7 Å². The van der Waals surface area contributed by atoms with E-state index in [4.69, 9.17) is 0 Å². The van der Waals surface area contributed by atoms with Crippen LogP contribution in [0.15, 0.2) is 72.8 Å². The predicted molar refractivity (Wildman–Crippen MR) is 128 cm³/mol. The third-order valence-electron chi connectivity index (χ3n) is 5.69. The van der Waals surface area contributed by atoms with Gasteiger partial charge in [-0.3, -0.25) is 14.5 Å². The number of amides is 2. The Morgan fingerprint density at radius 1 is 1.12 bits per heavy atom. The first-order chi connectivity index (χ1) is 15.5. The van der Waals surface area contributed by atoms with Crippen molar-refractivity contribution in [2.24, 2.45) is 0 Å². The zero-order chi connectivity index (χ0) is 22.7. The van der Waals surface area contributed by atoms with Crippen molar-refractivity contribution < 1.29 is 14.0 Å². The van der Waals surface area contributed by atoms with Crippen LogP contribution < -0.4 is 10.2 Å². The number of thioether (sulfide) groups is 1. The maximum Gasteiger partial charge on any atom is 0.238 e. The molecule has 2 atom stereocenters. The van der Waals surface area contributed by atoms with Crippen molar-refractivity contribution in [2.45, 2.75) is 31.6 Å². The van der Waals surface area contributed by atoms with Crippen LogP contribution in [0.5, 0.6) is 0 Å². The van der Waals surface area contributed by atoms with Crippen LogP contribution in [0.4, 0.5) is 15.8 Å². The van der Waals surface area contributed by atoms with Gasteiger partial charge in [0.25, 0.3) is 0 Å². The summed E-state index contributed by atoms with van der Waals surface area (Å²) in [5.41, 5.74) is 3.72. The van der Waals surface area contributed by atoms with E-state index in [1.54, 1.807) is 24.0 Å². The predicted octanol–water partition coefficient (Wildman–Crippen LogP) is 6.05. The molecule has 0 aromatic heterocycles. The van der Waals surface area contributed by atoms with Gasteiger partial charge in [-0.15, -0.1) is 11.8 Å². The lowest BCUT2D eigenvalue weighted by molar-refractivity contribution is -0.118. The van der Waals surface area contributed by atoms with Crippen LogP contribution in [0.1, 0.15) is 41.3 Å². The van der Waals surface area contributed by atoms with Crippen molar-refractivity contribution in [3.63, 3.8) is 0 Å². The van der Waals surface area contributed by atoms with E-state index in [-0.39, 0.29) is 28.9 Å². The number of rotatable bonds is 6. The molecule has 0 spiro atoms. The van der Waals surface area contributed by atoms with Crippen molar-refractivity contribution in [3.05, 3.63) is 95.3 Å². The summed E-state index contributed by atoms with van der Waals surface area (Å²) in [6, 6.07) is 22.1. The molecule has 0 unspecified atom stereocenters. The Hall–Kier alpha value is -3.12. The number of halogens is 1. The Morgan fingerprint density at radius 2 is 1.84 bits per heavy atom. The number of hydrogen-bond donors (Lipinski definition) is 1. The molecule has 6 heteroatoms. The average molecular weight is 449 g/mol. The van der Waals surface area contributed by atoms with E-state index >= 15 is 0 Å². The Morgan fingerprint density at radius 3 is 2.50 bits per heavy atom. The SMILES string of the molecule is CC[C@@H](C(=O)Nc1ccc([C@@H]2SCC(=O)N2c2ccc(C)c(F)c2)cc1)c1ccccc1.